The third-order valence-electron chi connectivity index (χ3n) is 3.83. The van der Waals surface area contributed by atoms with E-state index in [4.69, 9.17) is 4.74 Å². The van der Waals surface area contributed by atoms with Crippen molar-refractivity contribution in [2.75, 3.05) is 18.5 Å². The van der Waals surface area contributed by atoms with E-state index in [1.54, 1.807) is 6.92 Å². The van der Waals surface area contributed by atoms with E-state index >= 15 is 0 Å². The summed E-state index contributed by atoms with van der Waals surface area (Å²) in [6, 6.07) is 2.45. The molecule has 11 heteroatoms. The van der Waals surface area contributed by atoms with Crippen LogP contribution in [0.5, 0.6) is 5.75 Å². The second-order valence-corrected chi connectivity index (χ2v) is 10.2. The normalized spacial score (nSPS) is 12.1. The molecule has 2 rings (SSSR count). The molecule has 0 amide bonds. The van der Waals surface area contributed by atoms with Crippen LogP contribution >= 0.6 is 0 Å². The Balaban J connectivity index is 2.63. The summed E-state index contributed by atoms with van der Waals surface area (Å²) in [6.45, 7) is 3.51. The summed E-state index contributed by atoms with van der Waals surface area (Å²) in [7, 11) is -7.30. The number of carbonyl (C=O) groups is 1. The highest BCUT2D eigenvalue weighted by Crippen LogP contribution is 2.31. The van der Waals surface area contributed by atoms with Crippen molar-refractivity contribution in [3.05, 3.63) is 45.4 Å². The predicted octanol–water partition coefficient (Wildman–Crippen LogP) is 0.520. The van der Waals surface area contributed by atoms with Gasteiger partial charge >= 0.3 is 0 Å². The number of hydrogen-bond donors (Lipinski definition) is 1. The number of rotatable bonds is 7. The lowest BCUT2D eigenvalue weighted by molar-refractivity contribution is 0.103. The zero-order chi connectivity index (χ0) is 20.6. The molecule has 1 N–H and O–H groups in total. The lowest BCUT2D eigenvalue weighted by Crippen LogP contribution is -2.22. The van der Waals surface area contributed by atoms with Crippen molar-refractivity contribution in [2.45, 2.75) is 25.3 Å². The number of aromatic amines is 1. The molecule has 0 radical (unpaired) electrons. The van der Waals surface area contributed by atoms with Gasteiger partial charge in [0.2, 0.25) is 5.78 Å². The van der Waals surface area contributed by atoms with E-state index in [9.17, 15) is 26.4 Å². The molecule has 27 heavy (non-hydrogen) atoms. The molecule has 0 atom stereocenters. The molecule has 1 aromatic carbocycles. The summed E-state index contributed by atoms with van der Waals surface area (Å²) in [5.74, 6) is -1.59. The molecule has 0 spiro atoms. The minimum atomic E-state index is -3.74. The van der Waals surface area contributed by atoms with Gasteiger partial charge in [0.1, 0.15) is 16.2 Å². The first-order chi connectivity index (χ1) is 12.4. The fourth-order valence-corrected chi connectivity index (χ4v) is 3.70. The SMILES string of the molecule is CCn1[nH]cc(C(=O)c2ccc(S(C)(=O)=O)c(OCS(C)(=O)=O)c2C)c1=O. The summed E-state index contributed by atoms with van der Waals surface area (Å²) in [6.07, 6.45) is 3.15. The summed E-state index contributed by atoms with van der Waals surface area (Å²) in [4.78, 5) is 24.7. The van der Waals surface area contributed by atoms with E-state index in [1.165, 1.54) is 23.9 Å². The summed E-state index contributed by atoms with van der Waals surface area (Å²) in [5, 5.41) is 2.67. The van der Waals surface area contributed by atoms with Gasteiger partial charge in [-0.1, -0.05) is 0 Å². The third-order valence-corrected chi connectivity index (χ3v) is 5.50. The lowest BCUT2D eigenvalue weighted by atomic mass is 10.0. The maximum atomic E-state index is 12.8. The number of aromatic nitrogens is 2. The maximum Gasteiger partial charge on any atom is 0.277 e. The average Bonchev–Trinajstić information content (AvgIpc) is 2.91. The van der Waals surface area contributed by atoms with Gasteiger partial charge in [0.25, 0.3) is 5.56 Å². The van der Waals surface area contributed by atoms with Crippen LogP contribution in [0.4, 0.5) is 0 Å². The monoisotopic (exact) mass is 416 g/mol. The van der Waals surface area contributed by atoms with Crippen LogP contribution in [-0.4, -0.2) is 50.8 Å². The molecule has 0 saturated carbocycles. The molecule has 0 saturated heterocycles. The molecule has 1 aromatic heterocycles. The Morgan fingerprint density at radius 3 is 2.26 bits per heavy atom. The number of ketones is 1. The van der Waals surface area contributed by atoms with E-state index in [0.717, 1.165) is 18.6 Å². The third kappa shape index (κ3) is 4.48. The lowest BCUT2D eigenvalue weighted by Gasteiger charge is -2.15. The van der Waals surface area contributed by atoms with Crippen molar-refractivity contribution in [1.82, 2.24) is 9.78 Å². The number of ether oxygens (including phenoxy) is 1. The molecule has 0 fully saturated rings. The number of nitrogens with zero attached hydrogens (tertiary/aromatic N) is 1. The number of nitrogens with one attached hydrogen (secondary N) is 1. The molecule has 2 aromatic rings. The smallest absolute Gasteiger partial charge is 0.277 e. The Labute approximate surface area is 156 Å². The Kier molecular flexibility index (Phi) is 5.66. The van der Waals surface area contributed by atoms with Crippen LogP contribution in [0, 0.1) is 6.92 Å². The van der Waals surface area contributed by atoms with Crippen LogP contribution in [0.15, 0.2) is 28.0 Å². The van der Waals surface area contributed by atoms with E-state index < -0.39 is 37.0 Å². The Morgan fingerprint density at radius 2 is 1.78 bits per heavy atom. The van der Waals surface area contributed by atoms with E-state index in [-0.39, 0.29) is 27.3 Å². The first kappa shape index (κ1) is 20.9. The fourth-order valence-electron chi connectivity index (χ4n) is 2.50. The van der Waals surface area contributed by atoms with E-state index in [0.29, 0.717) is 6.54 Å². The number of sulfone groups is 2. The second-order valence-electron chi connectivity index (χ2n) is 6.09. The van der Waals surface area contributed by atoms with Crippen LogP contribution in [0.2, 0.25) is 0 Å². The van der Waals surface area contributed by atoms with E-state index in [1.807, 2.05) is 0 Å². The highest BCUT2D eigenvalue weighted by atomic mass is 32.2. The van der Waals surface area contributed by atoms with Crippen molar-refractivity contribution >= 4 is 25.5 Å². The van der Waals surface area contributed by atoms with Gasteiger partial charge in [0.15, 0.2) is 25.6 Å². The molecule has 1 heterocycles. The molecule has 0 bridgehead atoms. The highest BCUT2D eigenvalue weighted by Gasteiger charge is 2.25. The van der Waals surface area contributed by atoms with Gasteiger partial charge in [0.05, 0.1) is 0 Å². The standard InChI is InChI=1S/C16H20N2O7S2/c1-5-18-16(20)12(8-17-18)14(19)11-6-7-13(27(4,23)24)15(10(11)2)25-9-26(3,21)22/h6-8,17H,5,9H2,1-4H3. The summed E-state index contributed by atoms with van der Waals surface area (Å²) < 4.78 is 53.3. The first-order valence-corrected chi connectivity index (χ1v) is 11.8. The molecule has 0 aliphatic carbocycles. The van der Waals surface area contributed by atoms with Crippen LogP contribution < -0.4 is 10.3 Å². The van der Waals surface area contributed by atoms with Crippen molar-refractivity contribution in [3.8, 4) is 5.75 Å². The van der Waals surface area contributed by atoms with Crippen molar-refractivity contribution in [3.63, 3.8) is 0 Å². The second kappa shape index (κ2) is 7.31. The number of hydrogen-bond acceptors (Lipinski definition) is 7. The molecular formula is C16H20N2O7S2. The zero-order valence-electron chi connectivity index (χ0n) is 15.3. The maximum absolute atomic E-state index is 12.8. The summed E-state index contributed by atoms with van der Waals surface area (Å²) in [5.41, 5.74) is -0.436. The van der Waals surface area contributed by atoms with Crippen LogP contribution in [0.25, 0.3) is 0 Å². The predicted molar refractivity (Wildman–Crippen MR) is 98.8 cm³/mol. The Morgan fingerprint density at radius 1 is 1.15 bits per heavy atom. The molecular weight excluding hydrogens is 396 g/mol. The van der Waals surface area contributed by atoms with Crippen LogP contribution in [0.3, 0.4) is 0 Å². The number of H-pyrrole nitrogens is 1. The van der Waals surface area contributed by atoms with Crippen molar-refractivity contribution in [2.24, 2.45) is 0 Å². The molecule has 0 unspecified atom stereocenters. The zero-order valence-corrected chi connectivity index (χ0v) is 16.9. The Hall–Kier alpha value is -2.40. The summed E-state index contributed by atoms with van der Waals surface area (Å²) >= 11 is 0. The van der Waals surface area contributed by atoms with Gasteiger partial charge < -0.3 is 9.84 Å². The number of aryl methyl sites for hydroxylation is 1. The highest BCUT2D eigenvalue weighted by molar-refractivity contribution is 7.91. The average molecular weight is 416 g/mol. The first-order valence-electron chi connectivity index (χ1n) is 7.84. The largest absolute Gasteiger partial charge is 0.476 e. The topological polar surface area (TPSA) is 132 Å². The van der Waals surface area contributed by atoms with Crippen molar-refractivity contribution < 1.29 is 26.4 Å². The van der Waals surface area contributed by atoms with Gasteiger partial charge in [-0.05, 0) is 26.0 Å². The van der Waals surface area contributed by atoms with E-state index in [2.05, 4.69) is 5.10 Å². The van der Waals surface area contributed by atoms with Crippen molar-refractivity contribution in [1.29, 1.82) is 0 Å². The number of benzene rings is 1. The van der Waals surface area contributed by atoms with Crippen LogP contribution in [0.1, 0.15) is 28.4 Å². The molecule has 0 aliphatic heterocycles. The minimum absolute atomic E-state index is 0.0465. The molecule has 0 aliphatic rings. The van der Waals surface area contributed by atoms with Gasteiger partial charge in [-0.15, -0.1) is 0 Å². The molecule has 148 valence electrons. The Bertz CT molecular complexity index is 1160. The number of carbonyl (C=O) groups excluding carboxylic acids is 1. The fraction of sp³-hybridized carbons (Fsp3) is 0.375. The van der Waals surface area contributed by atoms with Gasteiger partial charge in [0, 0.05) is 36.4 Å². The van der Waals surface area contributed by atoms with Gasteiger partial charge in [-0.2, -0.15) is 0 Å². The van der Waals surface area contributed by atoms with Crippen LogP contribution in [-0.2, 0) is 26.2 Å². The minimum Gasteiger partial charge on any atom is -0.476 e. The van der Waals surface area contributed by atoms with Gasteiger partial charge in [-0.3, -0.25) is 14.3 Å². The molecule has 9 nitrogen and oxygen atoms in total. The quantitative estimate of drug-likeness (QED) is 0.651. The van der Waals surface area contributed by atoms with Gasteiger partial charge in [-0.25, -0.2) is 16.8 Å².